The molecular weight excluding hydrogens is 369 g/mol. The monoisotopic (exact) mass is 397 g/mol. The van der Waals surface area contributed by atoms with Crippen molar-refractivity contribution in [3.63, 3.8) is 0 Å². The van der Waals surface area contributed by atoms with Gasteiger partial charge in [0.2, 0.25) is 5.91 Å². The first-order chi connectivity index (χ1) is 14.0. The molecule has 0 saturated heterocycles. The van der Waals surface area contributed by atoms with E-state index in [9.17, 15) is 9.18 Å². The van der Waals surface area contributed by atoms with Gasteiger partial charge in [-0.05, 0) is 50.5 Å². The fourth-order valence-corrected chi connectivity index (χ4v) is 3.24. The summed E-state index contributed by atoms with van der Waals surface area (Å²) < 4.78 is 14.2. The Morgan fingerprint density at radius 3 is 2.66 bits per heavy atom. The molecule has 1 heterocycles. The summed E-state index contributed by atoms with van der Waals surface area (Å²) in [7, 11) is 0. The minimum atomic E-state index is -0.206. The van der Waals surface area contributed by atoms with Crippen molar-refractivity contribution >= 4 is 17.7 Å². The van der Waals surface area contributed by atoms with Gasteiger partial charge < -0.3 is 16.0 Å². The lowest BCUT2D eigenvalue weighted by atomic mass is 9.95. The van der Waals surface area contributed by atoms with Gasteiger partial charge in [-0.15, -0.1) is 0 Å². The van der Waals surface area contributed by atoms with Crippen LogP contribution in [-0.2, 0) is 10.2 Å². The zero-order valence-electron chi connectivity index (χ0n) is 17.0. The molecule has 154 valence electrons. The number of nitrogens with one attached hydrogen (secondary N) is 3. The maximum Gasteiger partial charge on any atom is 0.227 e. The second-order valence-corrected chi connectivity index (χ2v) is 7.34. The molecule has 1 saturated carbocycles. The predicted octanol–water partition coefficient (Wildman–Crippen LogP) is 3.14. The number of aliphatic imine (C=N–C) groups is 1. The maximum atomic E-state index is 14.2. The van der Waals surface area contributed by atoms with E-state index in [2.05, 4.69) is 25.9 Å². The number of nitrogens with zero attached hydrogens (tertiary/aromatic N) is 2. The van der Waals surface area contributed by atoms with E-state index in [0.717, 1.165) is 24.1 Å². The lowest BCUT2D eigenvalue weighted by Gasteiger charge is -2.16. The third kappa shape index (κ3) is 5.76. The molecule has 0 spiro atoms. The number of benzene rings is 1. The van der Waals surface area contributed by atoms with Crippen molar-refractivity contribution in [2.75, 3.05) is 25.0 Å². The van der Waals surface area contributed by atoms with E-state index >= 15 is 0 Å². The van der Waals surface area contributed by atoms with Crippen LogP contribution in [0.4, 0.5) is 10.2 Å². The quantitative estimate of drug-likeness (QED) is 0.472. The van der Waals surface area contributed by atoms with Crippen LogP contribution in [0.25, 0.3) is 0 Å². The topological polar surface area (TPSA) is 78.4 Å². The van der Waals surface area contributed by atoms with Crippen LogP contribution in [-0.4, -0.2) is 36.5 Å². The summed E-state index contributed by atoms with van der Waals surface area (Å²) in [4.78, 5) is 21.0. The molecular formula is C22H28FN5O. The van der Waals surface area contributed by atoms with Crippen LogP contribution in [0.15, 0.2) is 47.5 Å². The van der Waals surface area contributed by atoms with Gasteiger partial charge in [0, 0.05) is 30.6 Å². The summed E-state index contributed by atoms with van der Waals surface area (Å²) in [6.45, 7) is 5.53. The summed E-state index contributed by atoms with van der Waals surface area (Å²) in [6.07, 6.45) is 2.16. The summed E-state index contributed by atoms with van der Waals surface area (Å²) in [5.41, 5.74) is 1.39. The van der Waals surface area contributed by atoms with E-state index in [1.807, 2.05) is 38.1 Å². The average Bonchev–Trinajstić information content (AvgIpc) is 3.47. The van der Waals surface area contributed by atoms with Crippen LogP contribution in [0, 0.1) is 12.7 Å². The lowest BCUT2D eigenvalue weighted by Crippen LogP contribution is -2.39. The highest BCUT2D eigenvalue weighted by Gasteiger charge is 2.45. The highest BCUT2D eigenvalue weighted by atomic mass is 19.1. The molecule has 0 aliphatic heterocycles. The fourth-order valence-electron chi connectivity index (χ4n) is 3.24. The number of anilines is 1. The number of aryl methyl sites for hydroxylation is 1. The van der Waals surface area contributed by atoms with Crippen molar-refractivity contribution in [2.45, 2.75) is 38.5 Å². The Labute approximate surface area is 171 Å². The highest BCUT2D eigenvalue weighted by molar-refractivity contribution is 5.90. The maximum absolute atomic E-state index is 14.2. The van der Waals surface area contributed by atoms with Gasteiger partial charge in [0.15, 0.2) is 5.96 Å². The number of amides is 1. The molecule has 6 nitrogen and oxygen atoms in total. The number of aromatic nitrogens is 1. The number of carbonyl (C=O) groups excluding carboxylic acids is 1. The van der Waals surface area contributed by atoms with Crippen LogP contribution in [0.5, 0.6) is 0 Å². The molecule has 0 radical (unpaired) electrons. The normalized spacial score (nSPS) is 14.9. The Bertz CT molecular complexity index is 879. The number of carbonyl (C=O) groups is 1. The van der Waals surface area contributed by atoms with Crippen LogP contribution in [0.1, 0.15) is 37.4 Å². The van der Waals surface area contributed by atoms with Gasteiger partial charge in [0.25, 0.3) is 0 Å². The molecule has 0 atom stereocenters. The van der Waals surface area contributed by atoms with E-state index in [1.165, 1.54) is 6.07 Å². The summed E-state index contributed by atoms with van der Waals surface area (Å²) in [5, 5.41) is 9.15. The molecule has 7 heteroatoms. The molecule has 1 aliphatic rings. The average molecular weight is 397 g/mol. The number of pyridine rings is 1. The van der Waals surface area contributed by atoms with Crippen LogP contribution >= 0.6 is 0 Å². The largest absolute Gasteiger partial charge is 0.357 e. The third-order valence-corrected chi connectivity index (χ3v) is 4.98. The summed E-state index contributed by atoms with van der Waals surface area (Å²) >= 11 is 0. The van der Waals surface area contributed by atoms with E-state index in [0.29, 0.717) is 37.8 Å². The van der Waals surface area contributed by atoms with E-state index in [4.69, 9.17) is 0 Å². The number of hydrogen-bond donors (Lipinski definition) is 3. The van der Waals surface area contributed by atoms with Gasteiger partial charge >= 0.3 is 0 Å². The van der Waals surface area contributed by atoms with Crippen LogP contribution in [0.3, 0.4) is 0 Å². The summed E-state index contributed by atoms with van der Waals surface area (Å²) in [5.74, 6) is 0.906. The first-order valence-corrected chi connectivity index (χ1v) is 10.0. The highest BCUT2D eigenvalue weighted by Crippen LogP contribution is 2.49. The van der Waals surface area contributed by atoms with Crippen molar-refractivity contribution in [3.05, 3.63) is 59.5 Å². The second-order valence-electron chi connectivity index (χ2n) is 7.34. The third-order valence-electron chi connectivity index (χ3n) is 4.98. The standard InChI is InChI=1S/C22H28FN5O/c1-3-24-21(25-14-11-20(29)28-19-10-6-7-16(2)27-19)26-15-22(12-13-22)17-8-4-5-9-18(17)23/h4-10H,3,11-15H2,1-2H3,(H2,24,25,26)(H,27,28,29). The number of rotatable bonds is 8. The first-order valence-electron chi connectivity index (χ1n) is 10.0. The Kier molecular flexibility index (Phi) is 6.80. The van der Waals surface area contributed by atoms with E-state index < -0.39 is 0 Å². The van der Waals surface area contributed by atoms with Gasteiger partial charge in [-0.1, -0.05) is 24.3 Å². The molecule has 1 aromatic carbocycles. The molecule has 0 bridgehead atoms. The smallest absolute Gasteiger partial charge is 0.227 e. The molecule has 1 aliphatic carbocycles. The molecule has 2 aromatic rings. The van der Waals surface area contributed by atoms with Crippen molar-refractivity contribution in [1.82, 2.24) is 15.6 Å². The number of halogens is 1. The molecule has 1 aromatic heterocycles. The lowest BCUT2D eigenvalue weighted by molar-refractivity contribution is -0.116. The Hall–Kier alpha value is -2.96. The molecule has 29 heavy (non-hydrogen) atoms. The first kappa shape index (κ1) is 20.8. The molecule has 3 N–H and O–H groups in total. The number of hydrogen-bond acceptors (Lipinski definition) is 3. The van der Waals surface area contributed by atoms with Crippen LogP contribution in [0.2, 0.25) is 0 Å². The fraction of sp³-hybridized carbons (Fsp3) is 0.409. The Morgan fingerprint density at radius 2 is 1.97 bits per heavy atom. The molecule has 1 fully saturated rings. The van der Waals surface area contributed by atoms with Crippen molar-refractivity contribution in [1.29, 1.82) is 0 Å². The van der Waals surface area contributed by atoms with E-state index in [-0.39, 0.29) is 17.1 Å². The minimum Gasteiger partial charge on any atom is -0.357 e. The molecule has 0 unspecified atom stereocenters. The Balaban J connectivity index is 1.52. The number of guanidine groups is 1. The van der Waals surface area contributed by atoms with Crippen LogP contribution < -0.4 is 16.0 Å². The zero-order valence-corrected chi connectivity index (χ0v) is 17.0. The van der Waals surface area contributed by atoms with Gasteiger partial charge in [0.05, 0.1) is 6.54 Å². The second kappa shape index (κ2) is 9.49. The van der Waals surface area contributed by atoms with Crippen molar-refractivity contribution in [2.24, 2.45) is 4.99 Å². The predicted molar refractivity (Wildman–Crippen MR) is 114 cm³/mol. The van der Waals surface area contributed by atoms with Crippen molar-refractivity contribution < 1.29 is 9.18 Å². The van der Waals surface area contributed by atoms with E-state index in [1.54, 1.807) is 12.1 Å². The van der Waals surface area contributed by atoms with Gasteiger partial charge in [-0.2, -0.15) is 0 Å². The molecule has 1 amide bonds. The molecule has 3 rings (SSSR count). The van der Waals surface area contributed by atoms with Crippen molar-refractivity contribution in [3.8, 4) is 0 Å². The zero-order chi connectivity index (χ0) is 20.7. The van der Waals surface area contributed by atoms with Gasteiger partial charge in [-0.3, -0.25) is 9.79 Å². The van der Waals surface area contributed by atoms with Gasteiger partial charge in [0.1, 0.15) is 11.6 Å². The SMILES string of the molecule is CCNC(=NCC1(c2ccccc2F)CC1)NCCC(=O)Nc1cccc(C)n1. The Morgan fingerprint density at radius 1 is 1.17 bits per heavy atom. The minimum absolute atomic E-state index is 0.114. The van der Waals surface area contributed by atoms with Gasteiger partial charge in [-0.25, -0.2) is 9.37 Å². The summed E-state index contributed by atoms with van der Waals surface area (Å²) in [6, 6.07) is 12.4.